The third-order valence-corrected chi connectivity index (χ3v) is 2.58. The van der Waals surface area contributed by atoms with Crippen LogP contribution < -0.4 is 15.5 Å². The Bertz CT molecular complexity index is 302. The Hall–Kier alpha value is -1.13. The molecule has 0 amide bonds. The summed E-state index contributed by atoms with van der Waals surface area (Å²) in [7, 11) is 0. The molecule has 0 atom stereocenters. The Kier molecular flexibility index (Phi) is 2.96. The molecule has 3 N–H and O–H groups in total. The number of hydrogen-bond acceptors (Lipinski definition) is 1. The summed E-state index contributed by atoms with van der Waals surface area (Å²) in [5.74, 6) is 0. The van der Waals surface area contributed by atoms with E-state index < -0.39 is 0 Å². The average molecular weight is 208 g/mol. The molecule has 0 unspecified atom stereocenters. The number of thiocarbonyl (C=S) groups is 1. The Morgan fingerprint density at radius 3 is 2.43 bits per heavy atom. The molecule has 14 heavy (non-hydrogen) atoms. The maximum absolute atomic E-state index is 4.99. The van der Waals surface area contributed by atoms with E-state index >= 15 is 0 Å². The third-order valence-electron chi connectivity index (χ3n) is 2.29. The molecule has 0 aromatic heterocycles. The first kappa shape index (κ1) is 9.43. The average Bonchev–Trinajstić information content (AvgIpc) is 2.23. The summed E-state index contributed by atoms with van der Waals surface area (Å²) in [5, 5.41) is 7.04. The predicted molar refractivity (Wildman–Crippen MR) is 59.7 cm³/mol. The molecule has 0 radical (unpaired) electrons. The molecule has 0 aliphatic carbocycles. The van der Waals surface area contributed by atoms with Gasteiger partial charge in [-0.25, -0.2) is 0 Å². The standard InChI is InChI=1S/C10H13N3S/c14-10-11-7-13(8-12-10)6-9-4-2-1-3-5-9/h1-5H,6-8H2,(H2,11,12,14)/p+1. The largest absolute Gasteiger partial charge is 0.316 e. The highest BCUT2D eigenvalue weighted by molar-refractivity contribution is 7.80. The highest BCUT2D eigenvalue weighted by Crippen LogP contribution is 1.94. The van der Waals surface area contributed by atoms with E-state index in [1.807, 2.05) is 6.07 Å². The van der Waals surface area contributed by atoms with Gasteiger partial charge in [0.15, 0.2) is 18.4 Å². The topological polar surface area (TPSA) is 28.5 Å². The van der Waals surface area contributed by atoms with E-state index in [9.17, 15) is 0 Å². The van der Waals surface area contributed by atoms with Gasteiger partial charge in [-0.2, -0.15) is 0 Å². The van der Waals surface area contributed by atoms with Gasteiger partial charge >= 0.3 is 0 Å². The van der Waals surface area contributed by atoms with Gasteiger partial charge in [0, 0.05) is 5.56 Å². The Morgan fingerprint density at radius 1 is 1.14 bits per heavy atom. The minimum Gasteiger partial charge on any atom is -0.316 e. The number of hydrogen-bond donors (Lipinski definition) is 3. The van der Waals surface area contributed by atoms with E-state index in [1.165, 1.54) is 10.5 Å². The SMILES string of the molecule is S=C1NC[NH+](Cc2ccccc2)CN1. The van der Waals surface area contributed by atoms with E-state index in [4.69, 9.17) is 12.2 Å². The third kappa shape index (κ3) is 2.43. The minimum atomic E-state index is 0.766. The first-order chi connectivity index (χ1) is 6.84. The van der Waals surface area contributed by atoms with E-state index in [1.54, 1.807) is 0 Å². The molecule has 1 aromatic rings. The van der Waals surface area contributed by atoms with Crippen molar-refractivity contribution in [1.82, 2.24) is 10.6 Å². The van der Waals surface area contributed by atoms with Crippen molar-refractivity contribution in [2.24, 2.45) is 0 Å². The number of benzene rings is 1. The highest BCUT2D eigenvalue weighted by Gasteiger charge is 2.14. The molecule has 1 fully saturated rings. The molecule has 0 spiro atoms. The summed E-state index contributed by atoms with van der Waals surface area (Å²) in [6.45, 7) is 2.84. The Labute approximate surface area is 89.1 Å². The van der Waals surface area contributed by atoms with Crippen molar-refractivity contribution < 1.29 is 4.90 Å². The van der Waals surface area contributed by atoms with Gasteiger partial charge in [-0.3, -0.25) is 4.90 Å². The first-order valence-corrected chi connectivity index (χ1v) is 5.14. The van der Waals surface area contributed by atoms with Crippen molar-refractivity contribution >= 4 is 17.3 Å². The van der Waals surface area contributed by atoms with Crippen LogP contribution in [-0.4, -0.2) is 18.4 Å². The molecule has 1 saturated heterocycles. The molecular weight excluding hydrogens is 194 g/mol. The number of rotatable bonds is 2. The number of quaternary nitrogens is 1. The molecule has 4 heteroatoms. The summed E-state index contributed by atoms with van der Waals surface area (Å²) < 4.78 is 0. The number of nitrogens with one attached hydrogen (secondary N) is 3. The summed E-state index contributed by atoms with van der Waals surface area (Å²) in [6.07, 6.45) is 0. The summed E-state index contributed by atoms with van der Waals surface area (Å²) >= 11 is 4.99. The van der Waals surface area contributed by atoms with Crippen LogP contribution in [0.1, 0.15) is 5.56 Å². The van der Waals surface area contributed by atoms with Crippen molar-refractivity contribution in [3.05, 3.63) is 35.9 Å². The molecule has 1 heterocycles. The lowest BCUT2D eigenvalue weighted by molar-refractivity contribution is -0.920. The van der Waals surface area contributed by atoms with Gasteiger partial charge in [0.2, 0.25) is 0 Å². The van der Waals surface area contributed by atoms with Gasteiger partial charge in [0.25, 0.3) is 0 Å². The molecule has 2 rings (SSSR count). The Balaban J connectivity index is 1.89. The maximum Gasteiger partial charge on any atom is 0.174 e. The van der Waals surface area contributed by atoms with Crippen LogP contribution in [0.2, 0.25) is 0 Å². The molecule has 74 valence electrons. The van der Waals surface area contributed by atoms with Crippen LogP contribution >= 0.6 is 12.2 Å². The second kappa shape index (κ2) is 4.39. The molecular formula is C10H14N3S+. The summed E-state index contributed by atoms with van der Waals surface area (Å²) in [4.78, 5) is 1.45. The zero-order valence-corrected chi connectivity index (χ0v) is 8.73. The monoisotopic (exact) mass is 208 g/mol. The normalized spacial score (nSPS) is 17.3. The second-order valence-electron chi connectivity index (χ2n) is 3.45. The lowest BCUT2D eigenvalue weighted by atomic mass is 10.2. The molecule has 0 saturated carbocycles. The van der Waals surface area contributed by atoms with Crippen LogP contribution in [-0.2, 0) is 6.54 Å². The Morgan fingerprint density at radius 2 is 1.79 bits per heavy atom. The lowest BCUT2D eigenvalue weighted by Gasteiger charge is -2.26. The smallest absolute Gasteiger partial charge is 0.174 e. The van der Waals surface area contributed by atoms with Crippen LogP contribution in [0.15, 0.2) is 30.3 Å². The van der Waals surface area contributed by atoms with Gasteiger partial charge in [-0.05, 0) is 12.2 Å². The van der Waals surface area contributed by atoms with Crippen molar-refractivity contribution in [3.63, 3.8) is 0 Å². The summed E-state index contributed by atoms with van der Waals surface area (Å²) in [6, 6.07) is 10.5. The van der Waals surface area contributed by atoms with E-state index in [-0.39, 0.29) is 0 Å². The predicted octanol–water partition coefficient (Wildman–Crippen LogP) is -0.536. The molecule has 1 aliphatic rings. The van der Waals surface area contributed by atoms with E-state index in [2.05, 4.69) is 34.9 Å². The highest BCUT2D eigenvalue weighted by atomic mass is 32.1. The van der Waals surface area contributed by atoms with Crippen molar-refractivity contribution in [2.45, 2.75) is 6.54 Å². The van der Waals surface area contributed by atoms with Gasteiger partial charge in [-0.1, -0.05) is 30.3 Å². The van der Waals surface area contributed by atoms with Crippen LogP contribution in [0.4, 0.5) is 0 Å². The lowest BCUT2D eigenvalue weighted by Crippen LogP contribution is -3.16. The van der Waals surface area contributed by atoms with Gasteiger partial charge < -0.3 is 10.6 Å². The van der Waals surface area contributed by atoms with E-state index in [0.29, 0.717) is 0 Å². The van der Waals surface area contributed by atoms with Gasteiger partial charge in [-0.15, -0.1) is 0 Å². The maximum atomic E-state index is 4.99. The fraction of sp³-hybridized carbons (Fsp3) is 0.300. The molecule has 0 bridgehead atoms. The van der Waals surface area contributed by atoms with Crippen LogP contribution in [0, 0.1) is 0 Å². The van der Waals surface area contributed by atoms with Gasteiger partial charge in [0.1, 0.15) is 6.54 Å². The van der Waals surface area contributed by atoms with Crippen molar-refractivity contribution in [3.8, 4) is 0 Å². The van der Waals surface area contributed by atoms with E-state index in [0.717, 1.165) is 25.0 Å². The fourth-order valence-corrected chi connectivity index (χ4v) is 1.69. The minimum absolute atomic E-state index is 0.766. The fourth-order valence-electron chi connectivity index (χ4n) is 1.55. The van der Waals surface area contributed by atoms with Crippen LogP contribution in [0.25, 0.3) is 0 Å². The van der Waals surface area contributed by atoms with Crippen LogP contribution in [0.5, 0.6) is 0 Å². The van der Waals surface area contributed by atoms with Crippen LogP contribution in [0.3, 0.4) is 0 Å². The van der Waals surface area contributed by atoms with Crippen molar-refractivity contribution in [1.29, 1.82) is 0 Å². The molecule has 1 aliphatic heterocycles. The first-order valence-electron chi connectivity index (χ1n) is 4.74. The quantitative estimate of drug-likeness (QED) is 0.570. The zero-order chi connectivity index (χ0) is 9.80. The molecule has 1 aromatic carbocycles. The summed E-state index contributed by atoms with van der Waals surface area (Å²) in [5.41, 5.74) is 1.36. The van der Waals surface area contributed by atoms with Gasteiger partial charge in [0.05, 0.1) is 0 Å². The zero-order valence-electron chi connectivity index (χ0n) is 7.92. The second-order valence-corrected chi connectivity index (χ2v) is 3.86. The molecule has 3 nitrogen and oxygen atoms in total. The van der Waals surface area contributed by atoms with Crippen molar-refractivity contribution in [2.75, 3.05) is 13.3 Å².